The van der Waals surface area contributed by atoms with E-state index in [9.17, 15) is 19.5 Å². The van der Waals surface area contributed by atoms with Crippen molar-refractivity contribution in [3.8, 4) is 0 Å². The molecule has 0 saturated heterocycles. The molecule has 1 aliphatic heterocycles. The van der Waals surface area contributed by atoms with Crippen LogP contribution in [0, 0.1) is 0 Å². The zero-order valence-electron chi connectivity index (χ0n) is 16.9. The topological polar surface area (TPSA) is 122 Å². The summed E-state index contributed by atoms with van der Waals surface area (Å²) in [4.78, 5) is 38.0. The summed E-state index contributed by atoms with van der Waals surface area (Å²) in [6.07, 6.45) is 0.674. The number of carbonyl (C=O) groups is 3. The number of nitrogens with one attached hydrogen (secondary N) is 1. The first-order valence-corrected chi connectivity index (χ1v) is 9.69. The molecule has 0 unspecified atom stereocenters. The number of fused-ring (bicyclic) bond motifs is 1. The second kappa shape index (κ2) is 8.86. The highest BCUT2D eigenvalue weighted by molar-refractivity contribution is 5.99. The van der Waals surface area contributed by atoms with Crippen molar-refractivity contribution < 1.29 is 24.2 Å². The molecule has 8 nitrogen and oxygen atoms in total. The predicted molar refractivity (Wildman–Crippen MR) is 114 cm³/mol. The fourth-order valence-electron chi connectivity index (χ4n) is 3.77. The van der Waals surface area contributed by atoms with E-state index < -0.39 is 23.9 Å². The van der Waals surface area contributed by atoms with Gasteiger partial charge in [-0.05, 0) is 37.5 Å². The number of anilines is 3. The first-order valence-electron chi connectivity index (χ1n) is 9.69. The van der Waals surface area contributed by atoms with Crippen molar-refractivity contribution in [1.29, 1.82) is 0 Å². The van der Waals surface area contributed by atoms with E-state index in [0.717, 1.165) is 5.56 Å². The van der Waals surface area contributed by atoms with Gasteiger partial charge in [0.05, 0.1) is 30.1 Å². The maximum Gasteiger partial charge on any atom is 0.414 e. The Morgan fingerprint density at radius 3 is 2.57 bits per heavy atom. The molecule has 2 amide bonds. The van der Waals surface area contributed by atoms with Gasteiger partial charge in [-0.3, -0.25) is 14.5 Å². The Kier molecular flexibility index (Phi) is 6.25. The smallest absolute Gasteiger partial charge is 0.414 e. The molecule has 1 heterocycles. The van der Waals surface area contributed by atoms with Crippen molar-refractivity contribution in [3.63, 3.8) is 0 Å². The normalized spacial score (nSPS) is 16.3. The average Bonchev–Trinajstić information content (AvgIpc) is 2.73. The number of nitrogens with zero attached hydrogens (tertiary/aromatic N) is 1. The molecule has 0 radical (unpaired) electrons. The van der Waals surface area contributed by atoms with Crippen molar-refractivity contribution in [3.05, 3.63) is 53.6 Å². The molecular formula is C22H25N3O5. The lowest BCUT2D eigenvalue weighted by Gasteiger charge is -2.35. The van der Waals surface area contributed by atoms with Gasteiger partial charge in [0.2, 0.25) is 5.91 Å². The standard InChI is InChI=1S/C22H25N3O5/c1-13-8-9-15-18(25(13)22(29)30-2)11-10-17(20(15)23)24-19(26)12-16(21(27)28)14-6-4-3-5-7-14/h3-7,10-11,13,16H,8-9,12,23H2,1-2H3,(H,24,26)(H,27,28)/t13-,16+/m0/s1. The minimum absolute atomic E-state index is 0.0352. The maximum atomic E-state index is 12.6. The van der Waals surface area contributed by atoms with Gasteiger partial charge in [0, 0.05) is 18.0 Å². The lowest BCUT2D eigenvalue weighted by molar-refractivity contribution is -0.140. The van der Waals surface area contributed by atoms with Crippen LogP contribution >= 0.6 is 0 Å². The number of amides is 2. The average molecular weight is 411 g/mol. The molecule has 158 valence electrons. The van der Waals surface area contributed by atoms with Gasteiger partial charge >= 0.3 is 12.1 Å². The molecular weight excluding hydrogens is 386 g/mol. The van der Waals surface area contributed by atoms with Gasteiger partial charge in [-0.15, -0.1) is 0 Å². The first kappa shape index (κ1) is 21.2. The summed E-state index contributed by atoms with van der Waals surface area (Å²) in [7, 11) is 1.33. The Balaban J connectivity index is 1.81. The Morgan fingerprint density at radius 1 is 1.23 bits per heavy atom. The molecule has 0 bridgehead atoms. The number of hydrogen-bond acceptors (Lipinski definition) is 5. The van der Waals surface area contributed by atoms with Crippen LogP contribution in [0.25, 0.3) is 0 Å². The van der Waals surface area contributed by atoms with Crippen LogP contribution in [0.3, 0.4) is 0 Å². The molecule has 2 atom stereocenters. The minimum Gasteiger partial charge on any atom is -0.481 e. The number of nitrogens with two attached hydrogens (primary N) is 1. The summed E-state index contributed by atoms with van der Waals surface area (Å²) in [5, 5.41) is 12.3. The van der Waals surface area contributed by atoms with Gasteiger partial charge in [0.15, 0.2) is 0 Å². The summed E-state index contributed by atoms with van der Waals surface area (Å²) in [6, 6.07) is 11.9. The first-order chi connectivity index (χ1) is 14.3. The second-order valence-electron chi connectivity index (χ2n) is 7.31. The molecule has 30 heavy (non-hydrogen) atoms. The molecule has 1 aliphatic rings. The van der Waals surface area contributed by atoms with Crippen LogP contribution in [0.15, 0.2) is 42.5 Å². The minimum atomic E-state index is -1.07. The summed E-state index contributed by atoms with van der Waals surface area (Å²) < 4.78 is 4.88. The highest BCUT2D eigenvalue weighted by atomic mass is 16.5. The fraction of sp³-hybridized carbons (Fsp3) is 0.318. The number of methoxy groups -OCH3 is 1. The van der Waals surface area contributed by atoms with E-state index in [0.29, 0.717) is 35.5 Å². The number of benzene rings is 2. The van der Waals surface area contributed by atoms with Gasteiger partial charge in [0.1, 0.15) is 0 Å². The molecule has 0 spiro atoms. The quantitative estimate of drug-likeness (QED) is 0.649. The van der Waals surface area contributed by atoms with E-state index in [2.05, 4.69) is 5.32 Å². The van der Waals surface area contributed by atoms with E-state index in [4.69, 9.17) is 10.5 Å². The molecule has 8 heteroatoms. The zero-order valence-corrected chi connectivity index (χ0v) is 16.9. The van der Waals surface area contributed by atoms with Crippen LogP contribution in [0.2, 0.25) is 0 Å². The van der Waals surface area contributed by atoms with Gasteiger partial charge in [0.25, 0.3) is 0 Å². The molecule has 0 aromatic heterocycles. The van der Waals surface area contributed by atoms with Crippen LogP contribution in [-0.4, -0.2) is 36.2 Å². The zero-order chi connectivity index (χ0) is 21.8. The number of rotatable bonds is 5. The van der Waals surface area contributed by atoms with Gasteiger partial charge in [-0.1, -0.05) is 30.3 Å². The number of aliphatic carboxylic acids is 1. The van der Waals surface area contributed by atoms with Crippen molar-refractivity contribution in [2.24, 2.45) is 0 Å². The number of nitrogen functional groups attached to an aromatic ring is 1. The predicted octanol–water partition coefficient (Wildman–Crippen LogP) is 3.37. The van der Waals surface area contributed by atoms with Crippen molar-refractivity contribution in [1.82, 2.24) is 0 Å². The van der Waals surface area contributed by atoms with Crippen molar-refractivity contribution >= 4 is 35.0 Å². The summed E-state index contributed by atoms with van der Waals surface area (Å²) >= 11 is 0. The van der Waals surface area contributed by atoms with Gasteiger partial charge in [-0.25, -0.2) is 4.79 Å². The van der Waals surface area contributed by atoms with E-state index in [1.54, 1.807) is 47.4 Å². The third-order valence-electron chi connectivity index (χ3n) is 5.38. The highest BCUT2D eigenvalue weighted by Crippen LogP contribution is 2.38. The second-order valence-corrected chi connectivity index (χ2v) is 7.31. The van der Waals surface area contributed by atoms with Crippen LogP contribution in [-0.2, 0) is 20.7 Å². The van der Waals surface area contributed by atoms with Crippen LogP contribution in [0.5, 0.6) is 0 Å². The highest BCUT2D eigenvalue weighted by Gasteiger charge is 2.31. The molecule has 0 fully saturated rings. The lowest BCUT2D eigenvalue weighted by atomic mass is 9.94. The van der Waals surface area contributed by atoms with Crippen LogP contribution < -0.4 is 16.0 Å². The van der Waals surface area contributed by atoms with Crippen molar-refractivity contribution in [2.75, 3.05) is 23.1 Å². The Labute approximate surface area is 174 Å². The molecule has 0 saturated carbocycles. The molecule has 0 aliphatic carbocycles. The Hall–Kier alpha value is -3.55. The summed E-state index contributed by atoms with van der Waals surface area (Å²) in [6.45, 7) is 1.93. The van der Waals surface area contributed by atoms with Crippen LogP contribution in [0.1, 0.15) is 36.8 Å². The Bertz CT molecular complexity index is 961. The molecule has 3 rings (SSSR count). The number of ether oxygens (including phenoxy) is 1. The lowest BCUT2D eigenvalue weighted by Crippen LogP contribution is -2.42. The number of carboxylic acid groups (broad SMARTS) is 1. The number of hydrogen-bond donors (Lipinski definition) is 3. The number of carboxylic acids is 1. The maximum absolute atomic E-state index is 12.6. The van der Waals surface area contributed by atoms with E-state index >= 15 is 0 Å². The summed E-state index contributed by atoms with van der Waals surface area (Å²) in [5.74, 6) is -2.48. The van der Waals surface area contributed by atoms with Gasteiger partial charge in [-0.2, -0.15) is 0 Å². The SMILES string of the molecule is COC(=O)N1c2ccc(NC(=O)C[C@@H](C(=O)O)c3ccccc3)c(N)c2CC[C@@H]1C. The fourth-order valence-corrected chi connectivity index (χ4v) is 3.77. The molecule has 2 aromatic carbocycles. The van der Waals surface area contributed by atoms with Gasteiger partial charge < -0.3 is 20.9 Å². The van der Waals surface area contributed by atoms with E-state index in [1.165, 1.54) is 7.11 Å². The van der Waals surface area contributed by atoms with E-state index in [-0.39, 0.29) is 12.5 Å². The van der Waals surface area contributed by atoms with E-state index in [1.807, 2.05) is 6.92 Å². The monoisotopic (exact) mass is 411 g/mol. The Morgan fingerprint density at radius 2 is 1.93 bits per heavy atom. The third kappa shape index (κ3) is 4.22. The largest absolute Gasteiger partial charge is 0.481 e. The third-order valence-corrected chi connectivity index (χ3v) is 5.38. The number of carbonyl (C=O) groups excluding carboxylic acids is 2. The molecule has 2 aromatic rings. The van der Waals surface area contributed by atoms with Crippen molar-refractivity contribution in [2.45, 2.75) is 38.1 Å². The molecule has 4 N–H and O–H groups in total. The van der Waals surface area contributed by atoms with Crippen LogP contribution in [0.4, 0.5) is 21.9 Å². The summed E-state index contributed by atoms with van der Waals surface area (Å²) in [5.41, 5.74) is 9.03.